The van der Waals surface area contributed by atoms with Crippen LogP contribution in [0.5, 0.6) is 0 Å². The van der Waals surface area contributed by atoms with E-state index in [1.807, 2.05) is 6.07 Å². The third-order valence-corrected chi connectivity index (χ3v) is 6.10. The van der Waals surface area contributed by atoms with Crippen molar-refractivity contribution in [3.63, 3.8) is 0 Å². The maximum absolute atomic E-state index is 11.0. The van der Waals surface area contributed by atoms with E-state index >= 15 is 0 Å². The lowest BCUT2D eigenvalue weighted by Crippen LogP contribution is -1.99. The van der Waals surface area contributed by atoms with Gasteiger partial charge in [0.15, 0.2) is 0 Å². The minimum absolute atomic E-state index is 0.0488. The van der Waals surface area contributed by atoms with Gasteiger partial charge in [-0.3, -0.25) is 10.1 Å². The van der Waals surface area contributed by atoms with Crippen molar-refractivity contribution >= 4 is 11.7 Å². The summed E-state index contributed by atoms with van der Waals surface area (Å²) in [4.78, 5) is 21.6. The van der Waals surface area contributed by atoms with Crippen molar-refractivity contribution in [3.8, 4) is 0 Å². The molecular formula is C27H43NO4. The normalized spacial score (nSPS) is 12.3. The van der Waals surface area contributed by atoms with Crippen LogP contribution in [0.1, 0.15) is 121 Å². The predicted octanol–water partition coefficient (Wildman–Crippen LogP) is 8.58. The van der Waals surface area contributed by atoms with Crippen LogP contribution in [-0.2, 0) is 4.79 Å². The second kappa shape index (κ2) is 18.4. The van der Waals surface area contributed by atoms with E-state index in [9.17, 15) is 14.9 Å². The van der Waals surface area contributed by atoms with Gasteiger partial charge in [-0.2, -0.15) is 0 Å². The Kier molecular flexibility index (Phi) is 16.0. The highest BCUT2D eigenvalue weighted by atomic mass is 16.6. The summed E-state index contributed by atoms with van der Waals surface area (Å²) in [6, 6.07) is 6.54. The molecule has 0 fully saturated rings. The van der Waals surface area contributed by atoms with E-state index in [0.29, 0.717) is 0 Å². The lowest BCUT2D eigenvalue weighted by atomic mass is 9.92. The number of carboxylic acid groups (broad SMARTS) is 1. The van der Waals surface area contributed by atoms with E-state index in [2.05, 4.69) is 6.92 Å². The maximum atomic E-state index is 11.0. The number of allylic oxidation sites excluding steroid dienone is 1. The molecule has 0 saturated heterocycles. The molecule has 180 valence electrons. The summed E-state index contributed by atoms with van der Waals surface area (Å²) < 4.78 is 0. The van der Waals surface area contributed by atoms with E-state index in [0.717, 1.165) is 30.9 Å². The molecule has 0 aliphatic heterocycles. The van der Waals surface area contributed by atoms with Crippen LogP contribution in [-0.4, -0.2) is 16.0 Å². The van der Waals surface area contributed by atoms with Gasteiger partial charge in [0, 0.05) is 24.1 Å². The molecule has 0 bridgehead atoms. The zero-order valence-electron chi connectivity index (χ0n) is 20.0. The van der Waals surface area contributed by atoms with Crippen molar-refractivity contribution in [1.82, 2.24) is 0 Å². The van der Waals surface area contributed by atoms with E-state index < -0.39 is 10.9 Å². The average molecular weight is 446 g/mol. The highest BCUT2D eigenvalue weighted by Crippen LogP contribution is 2.27. The number of benzene rings is 1. The van der Waals surface area contributed by atoms with Crippen molar-refractivity contribution in [3.05, 3.63) is 52.1 Å². The Morgan fingerprint density at radius 3 is 1.88 bits per heavy atom. The van der Waals surface area contributed by atoms with Gasteiger partial charge in [-0.05, 0) is 12.0 Å². The Balaban J connectivity index is 2.17. The van der Waals surface area contributed by atoms with Crippen molar-refractivity contribution in [1.29, 1.82) is 0 Å². The lowest BCUT2D eigenvalue weighted by molar-refractivity contribution is -0.384. The number of nitrogens with zero attached hydrogens (tertiary/aromatic N) is 1. The summed E-state index contributed by atoms with van der Waals surface area (Å²) in [7, 11) is 0. The Labute approximate surface area is 194 Å². The molecule has 1 rings (SSSR count). The highest BCUT2D eigenvalue weighted by Gasteiger charge is 2.13. The van der Waals surface area contributed by atoms with Gasteiger partial charge >= 0.3 is 5.97 Å². The van der Waals surface area contributed by atoms with Gasteiger partial charge in [0.2, 0.25) is 0 Å². The van der Waals surface area contributed by atoms with Crippen molar-refractivity contribution in [2.24, 2.45) is 0 Å². The van der Waals surface area contributed by atoms with Gasteiger partial charge in [-0.15, -0.1) is 0 Å². The fourth-order valence-electron chi connectivity index (χ4n) is 4.18. The van der Waals surface area contributed by atoms with Crippen LogP contribution in [0, 0.1) is 10.1 Å². The quantitative estimate of drug-likeness (QED) is 0.0943. The van der Waals surface area contributed by atoms with Gasteiger partial charge < -0.3 is 5.11 Å². The van der Waals surface area contributed by atoms with Crippen molar-refractivity contribution in [2.45, 2.75) is 116 Å². The first-order valence-corrected chi connectivity index (χ1v) is 12.7. The van der Waals surface area contributed by atoms with Crippen LogP contribution in [0.25, 0.3) is 0 Å². The number of rotatable bonds is 20. The van der Waals surface area contributed by atoms with Gasteiger partial charge in [-0.25, -0.2) is 4.79 Å². The first kappa shape index (κ1) is 27.9. The molecule has 0 heterocycles. The Morgan fingerprint density at radius 1 is 0.906 bits per heavy atom. The lowest BCUT2D eigenvalue weighted by Gasteiger charge is -2.13. The van der Waals surface area contributed by atoms with Gasteiger partial charge in [0.25, 0.3) is 5.69 Å². The van der Waals surface area contributed by atoms with E-state index in [-0.39, 0.29) is 11.6 Å². The topological polar surface area (TPSA) is 80.4 Å². The standard InChI is InChI=1S/C27H43NO4/c1-2-3-4-5-6-7-8-9-10-11-12-13-14-15-16-18-24(21-22-27(29)30)25-19-17-20-26(23-25)28(31)32/h17,19-24H,2-16,18H2,1H3,(H,29,30). The molecule has 5 heteroatoms. The largest absolute Gasteiger partial charge is 0.478 e. The van der Waals surface area contributed by atoms with Crippen LogP contribution >= 0.6 is 0 Å². The second-order valence-corrected chi connectivity index (χ2v) is 8.89. The van der Waals surface area contributed by atoms with Crippen molar-refractivity contribution in [2.75, 3.05) is 0 Å². The van der Waals surface area contributed by atoms with E-state index in [4.69, 9.17) is 5.11 Å². The van der Waals surface area contributed by atoms with Crippen molar-refractivity contribution < 1.29 is 14.8 Å². The molecule has 0 amide bonds. The monoisotopic (exact) mass is 445 g/mol. The SMILES string of the molecule is CCCCCCCCCCCCCCCCCC(C=CC(=O)O)c1cccc([N+](=O)[O-])c1. The summed E-state index contributed by atoms with van der Waals surface area (Å²) >= 11 is 0. The summed E-state index contributed by atoms with van der Waals surface area (Å²) in [5.41, 5.74) is 0.856. The first-order chi connectivity index (χ1) is 15.5. The molecule has 32 heavy (non-hydrogen) atoms. The zero-order chi connectivity index (χ0) is 23.4. The third-order valence-electron chi connectivity index (χ3n) is 6.10. The number of aliphatic carboxylic acids is 1. The summed E-state index contributed by atoms with van der Waals surface area (Å²) in [5.74, 6) is -1.09. The molecule has 5 nitrogen and oxygen atoms in total. The molecule has 0 saturated carbocycles. The molecule has 0 radical (unpaired) electrons. The average Bonchev–Trinajstić information content (AvgIpc) is 2.78. The zero-order valence-corrected chi connectivity index (χ0v) is 20.0. The molecular weight excluding hydrogens is 402 g/mol. The van der Waals surface area contributed by atoms with Gasteiger partial charge in [0.05, 0.1) is 4.92 Å². The molecule has 0 aromatic heterocycles. The summed E-state index contributed by atoms with van der Waals surface area (Å²) in [6.07, 6.45) is 23.2. The summed E-state index contributed by atoms with van der Waals surface area (Å²) in [6.45, 7) is 2.26. The smallest absolute Gasteiger partial charge is 0.327 e. The Hall–Kier alpha value is -2.17. The molecule has 0 aliphatic carbocycles. The fraction of sp³-hybridized carbons (Fsp3) is 0.667. The second-order valence-electron chi connectivity index (χ2n) is 8.89. The van der Waals surface area contributed by atoms with Gasteiger partial charge in [-0.1, -0.05) is 121 Å². The fourth-order valence-corrected chi connectivity index (χ4v) is 4.18. The molecule has 1 aromatic carbocycles. The number of unbranched alkanes of at least 4 members (excludes halogenated alkanes) is 14. The number of nitro benzene ring substituents is 1. The minimum atomic E-state index is -0.989. The molecule has 0 spiro atoms. The van der Waals surface area contributed by atoms with Crippen LogP contribution in [0.4, 0.5) is 5.69 Å². The predicted molar refractivity (Wildman–Crippen MR) is 132 cm³/mol. The van der Waals surface area contributed by atoms with Crippen LogP contribution in [0.15, 0.2) is 36.4 Å². The van der Waals surface area contributed by atoms with E-state index in [1.165, 1.54) is 89.5 Å². The minimum Gasteiger partial charge on any atom is -0.478 e. The molecule has 1 atom stereocenters. The highest BCUT2D eigenvalue weighted by molar-refractivity contribution is 5.79. The number of carboxylic acids is 1. The van der Waals surface area contributed by atoms with Gasteiger partial charge in [0.1, 0.15) is 0 Å². The number of hydrogen-bond acceptors (Lipinski definition) is 3. The van der Waals surface area contributed by atoms with Crippen LogP contribution in [0.2, 0.25) is 0 Å². The maximum Gasteiger partial charge on any atom is 0.327 e. The third kappa shape index (κ3) is 14.0. The Bertz CT molecular complexity index is 671. The first-order valence-electron chi connectivity index (χ1n) is 12.7. The Morgan fingerprint density at radius 2 is 1.41 bits per heavy atom. The molecule has 0 aliphatic rings. The van der Waals surface area contributed by atoms with E-state index in [1.54, 1.807) is 18.2 Å². The number of hydrogen-bond donors (Lipinski definition) is 1. The molecule has 1 aromatic rings. The van der Waals surface area contributed by atoms with Crippen LogP contribution in [0.3, 0.4) is 0 Å². The molecule has 1 N–H and O–H groups in total. The molecule has 1 unspecified atom stereocenters. The number of non-ortho nitro benzene ring substituents is 1. The number of nitro groups is 1. The summed E-state index contributed by atoms with van der Waals surface area (Å²) in [5, 5.41) is 20.0. The van der Waals surface area contributed by atoms with Crippen LogP contribution < -0.4 is 0 Å². The number of carbonyl (C=O) groups is 1.